The van der Waals surface area contributed by atoms with Gasteiger partial charge < -0.3 is 5.32 Å². The molecule has 2 aromatic rings. The van der Waals surface area contributed by atoms with Gasteiger partial charge in [0.15, 0.2) is 0 Å². The second kappa shape index (κ2) is 7.36. The molecule has 0 aromatic heterocycles. The van der Waals surface area contributed by atoms with Crippen molar-refractivity contribution in [2.24, 2.45) is 0 Å². The first-order chi connectivity index (χ1) is 11.2. The average molecular weight is 346 g/mol. The van der Waals surface area contributed by atoms with Gasteiger partial charge in [0.05, 0.1) is 6.26 Å². The van der Waals surface area contributed by atoms with Gasteiger partial charge in [-0.25, -0.2) is 8.42 Å². The molecule has 4 nitrogen and oxygen atoms in total. The van der Waals surface area contributed by atoms with Crippen molar-refractivity contribution in [3.63, 3.8) is 0 Å². The van der Waals surface area contributed by atoms with Crippen LogP contribution in [-0.4, -0.2) is 14.7 Å². The van der Waals surface area contributed by atoms with Crippen molar-refractivity contribution in [2.45, 2.75) is 40.3 Å². The maximum atomic E-state index is 11.4. The van der Waals surface area contributed by atoms with Gasteiger partial charge in [-0.3, -0.25) is 4.72 Å². The van der Waals surface area contributed by atoms with Gasteiger partial charge >= 0.3 is 0 Å². The summed E-state index contributed by atoms with van der Waals surface area (Å²) in [5.74, 6) is 0. The van der Waals surface area contributed by atoms with Crippen molar-refractivity contribution in [3.05, 3.63) is 64.2 Å². The summed E-state index contributed by atoms with van der Waals surface area (Å²) in [6.07, 6.45) is 1.16. The lowest BCUT2D eigenvalue weighted by Gasteiger charge is -2.17. The molecule has 130 valence electrons. The summed E-state index contributed by atoms with van der Waals surface area (Å²) in [5.41, 5.74) is 6.81. The molecule has 0 aliphatic carbocycles. The Morgan fingerprint density at radius 1 is 1.00 bits per heavy atom. The Morgan fingerprint density at radius 3 is 2.33 bits per heavy atom. The number of anilines is 1. The number of rotatable bonds is 6. The fourth-order valence-corrected chi connectivity index (χ4v) is 3.23. The van der Waals surface area contributed by atoms with E-state index in [4.69, 9.17) is 0 Å². The third kappa shape index (κ3) is 5.08. The van der Waals surface area contributed by atoms with E-state index in [0.717, 1.165) is 18.4 Å². The van der Waals surface area contributed by atoms with Crippen LogP contribution in [0.25, 0.3) is 0 Å². The summed E-state index contributed by atoms with van der Waals surface area (Å²) in [6.45, 7) is 9.24. The monoisotopic (exact) mass is 346 g/mol. The minimum Gasteiger partial charge on any atom is -0.306 e. The van der Waals surface area contributed by atoms with Crippen LogP contribution < -0.4 is 10.0 Å². The Balaban J connectivity index is 2.09. The van der Waals surface area contributed by atoms with Crippen molar-refractivity contribution >= 4 is 15.7 Å². The van der Waals surface area contributed by atoms with Gasteiger partial charge in [-0.05, 0) is 67.6 Å². The quantitative estimate of drug-likeness (QED) is 0.835. The summed E-state index contributed by atoms with van der Waals surface area (Å²) in [4.78, 5) is 0. The van der Waals surface area contributed by atoms with E-state index in [-0.39, 0.29) is 6.04 Å². The van der Waals surface area contributed by atoms with Crippen LogP contribution in [0.5, 0.6) is 0 Å². The van der Waals surface area contributed by atoms with E-state index in [1.54, 1.807) is 6.07 Å². The normalized spacial score (nSPS) is 12.9. The zero-order chi connectivity index (χ0) is 17.9. The molecule has 0 aliphatic rings. The molecule has 24 heavy (non-hydrogen) atoms. The molecular weight excluding hydrogens is 320 g/mol. The second-order valence-corrected chi connectivity index (χ2v) is 8.21. The highest BCUT2D eigenvalue weighted by atomic mass is 32.2. The fourth-order valence-electron chi connectivity index (χ4n) is 2.68. The molecule has 0 saturated carbocycles. The fraction of sp³-hybridized carbons (Fsp3) is 0.368. The molecule has 0 fully saturated rings. The van der Waals surface area contributed by atoms with Crippen LogP contribution in [0.4, 0.5) is 5.69 Å². The lowest BCUT2D eigenvalue weighted by molar-refractivity contribution is 0.573. The van der Waals surface area contributed by atoms with Crippen LogP contribution in [0.15, 0.2) is 36.4 Å². The summed E-state index contributed by atoms with van der Waals surface area (Å²) < 4.78 is 25.2. The molecule has 2 aromatic carbocycles. The number of nitrogens with one attached hydrogen (secondary N) is 2. The molecule has 0 bridgehead atoms. The van der Waals surface area contributed by atoms with E-state index in [0.29, 0.717) is 5.69 Å². The van der Waals surface area contributed by atoms with Crippen LogP contribution in [-0.2, 0) is 16.6 Å². The topological polar surface area (TPSA) is 58.2 Å². The number of aryl methyl sites for hydroxylation is 3. The molecule has 0 saturated heterocycles. The third-order valence-electron chi connectivity index (χ3n) is 4.24. The highest BCUT2D eigenvalue weighted by Crippen LogP contribution is 2.20. The molecule has 2 N–H and O–H groups in total. The molecular formula is C19H26N2O2S. The Morgan fingerprint density at radius 2 is 1.67 bits per heavy atom. The van der Waals surface area contributed by atoms with E-state index >= 15 is 0 Å². The van der Waals surface area contributed by atoms with Gasteiger partial charge in [0.2, 0.25) is 10.0 Å². The SMILES string of the molecule is Cc1cc(C)c(CN[C@@H](C)c2cccc(NS(C)(=O)=O)c2)cc1C. The highest BCUT2D eigenvalue weighted by Gasteiger charge is 2.09. The van der Waals surface area contributed by atoms with Gasteiger partial charge in [0, 0.05) is 18.3 Å². The molecule has 0 amide bonds. The van der Waals surface area contributed by atoms with Gasteiger partial charge in [0.25, 0.3) is 0 Å². The van der Waals surface area contributed by atoms with Crippen LogP contribution in [0, 0.1) is 20.8 Å². The van der Waals surface area contributed by atoms with Crippen LogP contribution in [0.2, 0.25) is 0 Å². The van der Waals surface area contributed by atoms with Crippen molar-refractivity contribution in [1.29, 1.82) is 0 Å². The van der Waals surface area contributed by atoms with Crippen molar-refractivity contribution in [3.8, 4) is 0 Å². The van der Waals surface area contributed by atoms with Crippen molar-refractivity contribution in [2.75, 3.05) is 11.0 Å². The zero-order valence-corrected chi connectivity index (χ0v) is 15.8. The van der Waals surface area contributed by atoms with Crippen LogP contribution in [0.1, 0.15) is 40.8 Å². The lowest BCUT2D eigenvalue weighted by atomic mass is 10.0. The Hall–Kier alpha value is -1.85. The molecule has 0 aliphatic heterocycles. The molecule has 0 radical (unpaired) electrons. The Bertz CT molecular complexity index is 829. The summed E-state index contributed by atoms with van der Waals surface area (Å²) in [5, 5.41) is 3.52. The smallest absolute Gasteiger partial charge is 0.229 e. The molecule has 0 heterocycles. The summed E-state index contributed by atoms with van der Waals surface area (Å²) in [7, 11) is -3.26. The minimum atomic E-state index is -3.26. The number of hydrogen-bond acceptors (Lipinski definition) is 3. The molecule has 0 spiro atoms. The van der Waals surface area contributed by atoms with Crippen LogP contribution >= 0.6 is 0 Å². The first kappa shape index (κ1) is 18.5. The minimum absolute atomic E-state index is 0.118. The maximum absolute atomic E-state index is 11.4. The maximum Gasteiger partial charge on any atom is 0.229 e. The van der Waals surface area contributed by atoms with Gasteiger partial charge in [-0.1, -0.05) is 24.3 Å². The Labute approximate surface area is 145 Å². The first-order valence-corrected chi connectivity index (χ1v) is 9.92. The predicted molar refractivity (Wildman–Crippen MR) is 101 cm³/mol. The highest BCUT2D eigenvalue weighted by molar-refractivity contribution is 7.92. The molecule has 0 unspecified atom stereocenters. The lowest BCUT2D eigenvalue weighted by Crippen LogP contribution is -2.19. The third-order valence-corrected chi connectivity index (χ3v) is 4.85. The predicted octanol–water partition coefficient (Wildman–Crippen LogP) is 3.83. The molecule has 2 rings (SSSR count). The van der Waals surface area contributed by atoms with E-state index in [2.05, 4.69) is 49.9 Å². The van der Waals surface area contributed by atoms with E-state index in [1.165, 1.54) is 22.3 Å². The number of sulfonamides is 1. The van der Waals surface area contributed by atoms with Gasteiger partial charge in [0.1, 0.15) is 0 Å². The van der Waals surface area contributed by atoms with Crippen molar-refractivity contribution in [1.82, 2.24) is 5.32 Å². The van der Waals surface area contributed by atoms with Crippen LogP contribution in [0.3, 0.4) is 0 Å². The molecule has 5 heteroatoms. The standard InChI is InChI=1S/C19H26N2O2S/c1-13-9-15(3)18(10-14(13)2)12-20-16(4)17-7-6-8-19(11-17)21-24(5,22)23/h6-11,16,20-21H,12H2,1-5H3/t16-/m0/s1. The zero-order valence-electron chi connectivity index (χ0n) is 15.0. The van der Waals surface area contributed by atoms with Gasteiger partial charge in [-0.15, -0.1) is 0 Å². The summed E-state index contributed by atoms with van der Waals surface area (Å²) in [6, 6.07) is 12.0. The van der Waals surface area contributed by atoms with Gasteiger partial charge in [-0.2, -0.15) is 0 Å². The first-order valence-electron chi connectivity index (χ1n) is 8.03. The summed E-state index contributed by atoms with van der Waals surface area (Å²) >= 11 is 0. The average Bonchev–Trinajstić information content (AvgIpc) is 2.48. The van der Waals surface area contributed by atoms with E-state index < -0.39 is 10.0 Å². The number of hydrogen-bond donors (Lipinski definition) is 2. The Kier molecular flexibility index (Phi) is 5.67. The number of benzene rings is 2. The second-order valence-electron chi connectivity index (χ2n) is 6.47. The van der Waals surface area contributed by atoms with E-state index in [9.17, 15) is 8.42 Å². The molecule has 1 atom stereocenters. The van der Waals surface area contributed by atoms with Crippen molar-refractivity contribution < 1.29 is 8.42 Å². The van der Waals surface area contributed by atoms with E-state index in [1.807, 2.05) is 18.2 Å². The largest absolute Gasteiger partial charge is 0.306 e.